The van der Waals surface area contributed by atoms with Crippen LogP contribution in [0.2, 0.25) is 0 Å². The van der Waals surface area contributed by atoms with Gasteiger partial charge in [-0.1, -0.05) is 17.9 Å². The van der Waals surface area contributed by atoms with E-state index in [1.165, 1.54) is 12.1 Å². The molecule has 0 aliphatic carbocycles. The van der Waals surface area contributed by atoms with Gasteiger partial charge in [-0.25, -0.2) is 14.4 Å². The van der Waals surface area contributed by atoms with Crippen molar-refractivity contribution in [2.24, 2.45) is 0 Å². The van der Waals surface area contributed by atoms with Crippen molar-refractivity contribution in [3.63, 3.8) is 0 Å². The minimum atomic E-state index is -0.324. The summed E-state index contributed by atoms with van der Waals surface area (Å²) in [6.45, 7) is 1.86. The second-order valence-corrected chi connectivity index (χ2v) is 7.80. The Bertz CT molecular complexity index is 1330. The number of rotatable bonds is 4. The van der Waals surface area contributed by atoms with Gasteiger partial charge in [-0.3, -0.25) is 4.98 Å². The van der Waals surface area contributed by atoms with Gasteiger partial charge in [0.1, 0.15) is 17.7 Å². The zero-order valence-corrected chi connectivity index (χ0v) is 17.9. The Morgan fingerprint density at radius 1 is 1.03 bits per heavy atom. The molecule has 0 bridgehead atoms. The largest absolute Gasteiger partial charge is 0.489 e. The lowest BCUT2D eigenvalue weighted by Crippen LogP contribution is -2.34. The van der Waals surface area contributed by atoms with Crippen LogP contribution in [0.4, 0.5) is 16.0 Å². The number of benzene rings is 2. The standard InChI is InChI=1S/C26H22FN5O/c27-21-4-1-5-22(14-21)31-26-30-17-20-13-19(7-6-18-3-2-10-29-16-18)25(15-24(20)32-26)33-23-8-11-28-12-9-23/h1-5,10,13-17,23,28H,8-9,11-12H2,(H,30,31,32). The molecule has 7 heteroatoms. The number of fused-ring (bicyclic) bond motifs is 1. The van der Waals surface area contributed by atoms with E-state index < -0.39 is 0 Å². The SMILES string of the molecule is Fc1cccc(Nc2ncc3cc(C#Cc4cccnc4)c(OC4CCNCC4)cc3n2)c1. The molecule has 164 valence electrons. The van der Waals surface area contributed by atoms with Gasteiger partial charge in [0.15, 0.2) is 0 Å². The third-order valence-electron chi connectivity index (χ3n) is 5.34. The monoisotopic (exact) mass is 439 g/mol. The van der Waals surface area contributed by atoms with Gasteiger partial charge in [-0.05, 0) is 62.3 Å². The summed E-state index contributed by atoms with van der Waals surface area (Å²) in [6.07, 6.45) is 7.17. The molecule has 2 aromatic carbocycles. The molecule has 6 nitrogen and oxygen atoms in total. The fourth-order valence-electron chi connectivity index (χ4n) is 3.68. The topological polar surface area (TPSA) is 72.0 Å². The summed E-state index contributed by atoms with van der Waals surface area (Å²) in [4.78, 5) is 13.1. The molecular formula is C26H22FN5O. The Morgan fingerprint density at radius 3 is 2.76 bits per heavy atom. The summed E-state index contributed by atoms with van der Waals surface area (Å²) in [7, 11) is 0. The summed E-state index contributed by atoms with van der Waals surface area (Å²) >= 11 is 0. The maximum absolute atomic E-state index is 13.5. The van der Waals surface area contributed by atoms with E-state index >= 15 is 0 Å². The first-order valence-corrected chi connectivity index (χ1v) is 10.9. The number of pyridine rings is 1. The lowest BCUT2D eigenvalue weighted by molar-refractivity contribution is 0.162. The van der Waals surface area contributed by atoms with Crippen molar-refractivity contribution in [2.75, 3.05) is 18.4 Å². The molecule has 0 atom stereocenters. The van der Waals surface area contributed by atoms with Crippen LogP contribution in [0.3, 0.4) is 0 Å². The number of hydrogen-bond acceptors (Lipinski definition) is 6. The number of hydrogen-bond donors (Lipinski definition) is 2. The van der Waals surface area contributed by atoms with E-state index in [2.05, 4.69) is 37.4 Å². The van der Waals surface area contributed by atoms with Crippen molar-refractivity contribution in [3.8, 4) is 17.6 Å². The van der Waals surface area contributed by atoms with Crippen LogP contribution in [0.25, 0.3) is 10.9 Å². The number of piperidine rings is 1. The number of nitrogens with zero attached hydrogens (tertiary/aromatic N) is 3. The van der Waals surface area contributed by atoms with Crippen molar-refractivity contribution in [1.82, 2.24) is 20.3 Å². The smallest absolute Gasteiger partial charge is 0.227 e. The van der Waals surface area contributed by atoms with Gasteiger partial charge >= 0.3 is 0 Å². The molecule has 1 aliphatic rings. The minimum Gasteiger partial charge on any atom is -0.489 e. The highest BCUT2D eigenvalue weighted by Crippen LogP contribution is 2.28. The van der Waals surface area contributed by atoms with Crippen LogP contribution in [-0.4, -0.2) is 34.1 Å². The molecule has 0 unspecified atom stereocenters. The van der Waals surface area contributed by atoms with Crippen LogP contribution in [0, 0.1) is 17.7 Å². The number of nitrogens with one attached hydrogen (secondary N) is 2. The van der Waals surface area contributed by atoms with Gasteiger partial charge in [0.25, 0.3) is 0 Å². The lowest BCUT2D eigenvalue weighted by Gasteiger charge is -2.24. The predicted molar refractivity (Wildman–Crippen MR) is 126 cm³/mol. The van der Waals surface area contributed by atoms with Gasteiger partial charge in [0, 0.05) is 41.3 Å². The summed E-state index contributed by atoms with van der Waals surface area (Å²) in [5.41, 5.74) is 2.91. The van der Waals surface area contributed by atoms with Crippen LogP contribution >= 0.6 is 0 Å². The van der Waals surface area contributed by atoms with Gasteiger partial charge in [0.05, 0.1) is 11.1 Å². The average molecular weight is 439 g/mol. The molecule has 1 fully saturated rings. The first-order valence-electron chi connectivity index (χ1n) is 10.9. The summed E-state index contributed by atoms with van der Waals surface area (Å²) in [5, 5.41) is 7.25. The Hall–Kier alpha value is -4.02. The Labute approximate surface area is 191 Å². The molecule has 3 heterocycles. The van der Waals surface area contributed by atoms with Gasteiger partial charge in [-0.15, -0.1) is 0 Å². The molecule has 0 amide bonds. The van der Waals surface area contributed by atoms with Crippen LogP contribution in [0.1, 0.15) is 24.0 Å². The van der Waals surface area contributed by atoms with Crippen molar-refractivity contribution in [2.45, 2.75) is 18.9 Å². The van der Waals surface area contributed by atoms with Crippen molar-refractivity contribution in [1.29, 1.82) is 0 Å². The fraction of sp³-hybridized carbons (Fsp3) is 0.192. The summed E-state index contributed by atoms with van der Waals surface area (Å²) in [5.74, 6) is 7.14. The quantitative estimate of drug-likeness (QED) is 0.458. The minimum absolute atomic E-state index is 0.120. The second-order valence-electron chi connectivity index (χ2n) is 7.80. The summed E-state index contributed by atoms with van der Waals surface area (Å²) < 4.78 is 19.9. The van der Waals surface area contributed by atoms with Crippen LogP contribution < -0.4 is 15.4 Å². The number of aromatic nitrogens is 3. The van der Waals surface area contributed by atoms with Gasteiger partial charge in [0.2, 0.25) is 5.95 Å². The van der Waals surface area contributed by atoms with Crippen molar-refractivity contribution in [3.05, 3.63) is 84.1 Å². The maximum Gasteiger partial charge on any atom is 0.227 e. The third-order valence-corrected chi connectivity index (χ3v) is 5.34. The highest BCUT2D eigenvalue weighted by atomic mass is 19.1. The highest BCUT2D eigenvalue weighted by Gasteiger charge is 2.17. The van der Waals surface area contributed by atoms with Gasteiger partial charge < -0.3 is 15.4 Å². The first-order chi connectivity index (χ1) is 16.2. The molecule has 0 saturated carbocycles. The normalized spacial score (nSPS) is 13.8. The molecule has 33 heavy (non-hydrogen) atoms. The molecule has 2 aromatic heterocycles. The Morgan fingerprint density at radius 2 is 1.94 bits per heavy atom. The van der Waals surface area contributed by atoms with Crippen molar-refractivity contribution < 1.29 is 9.13 Å². The number of ether oxygens (including phenoxy) is 1. The Balaban J connectivity index is 1.50. The van der Waals surface area contributed by atoms with Crippen LogP contribution in [-0.2, 0) is 0 Å². The summed E-state index contributed by atoms with van der Waals surface area (Å²) in [6, 6.07) is 13.8. The van der Waals surface area contributed by atoms with Crippen molar-refractivity contribution >= 4 is 22.5 Å². The van der Waals surface area contributed by atoms with E-state index in [4.69, 9.17) is 4.74 Å². The average Bonchev–Trinajstić information content (AvgIpc) is 2.84. The zero-order chi connectivity index (χ0) is 22.5. The van der Waals surface area contributed by atoms with E-state index in [-0.39, 0.29) is 11.9 Å². The molecule has 0 spiro atoms. The first kappa shape index (κ1) is 20.9. The predicted octanol–water partition coefficient (Wildman–Crippen LogP) is 4.44. The maximum atomic E-state index is 13.5. The molecule has 4 aromatic rings. The number of halogens is 1. The molecule has 0 radical (unpaired) electrons. The molecule has 1 aliphatic heterocycles. The van der Waals surface area contributed by atoms with E-state index in [1.54, 1.807) is 30.7 Å². The lowest BCUT2D eigenvalue weighted by atomic mass is 10.1. The molecule has 2 N–H and O–H groups in total. The van der Waals surface area contributed by atoms with E-state index in [9.17, 15) is 4.39 Å². The Kier molecular flexibility index (Phi) is 6.09. The van der Waals surface area contributed by atoms with Gasteiger partial charge in [-0.2, -0.15) is 0 Å². The molecule has 5 rings (SSSR count). The second kappa shape index (κ2) is 9.63. The van der Waals surface area contributed by atoms with E-state index in [1.807, 2.05) is 24.3 Å². The molecular weight excluding hydrogens is 417 g/mol. The van der Waals surface area contributed by atoms with E-state index in [0.717, 1.165) is 48.0 Å². The van der Waals surface area contributed by atoms with Crippen LogP contribution in [0.5, 0.6) is 5.75 Å². The van der Waals surface area contributed by atoms with Crippen LogP contribution in [0.15, 0.2) is 67.1 Å². The highest BCUT2D eigenvalue weighted by molar-refractivity contribution is 5.83. The zero-order valence-electron chi connectivity index (χ0n) is 17.9. The number of anilines is 2. The fourth-order valence-corrected chi connectivity index (χ4v) is 3.68. The third kappa shape index (κ3) is 5.25. The van der Waals surface area contributed by atoms with E-state index in [0.29, 0.717) is 17.4 Å². The molecule has 1 saturated heterocycles.